The Balaban J connectivity index is 1.67. The zero-order valence-electron chi connectivity index (χ0n) is 14.7. The first-order valence-electron chi connectivity index (χ1n) is 8.40. The largest absolute Gasteiger partial charge is 0.317 e. The van der Waals surface area contributed by atoms with Crippen LogP contribution in [-0.4, -0.2) is 19.7 Å². The second kappa shape index (κ2) is 7.61. The summed E-state index contributed by atoms with van der Waals surface area (Å²) in [6.45, 7) is 0. The Morgan fingerprint density at radius 2 is 1.79 bits per heavy atom. The number of non-ortho nitro benzene ring substituents is 1. The molecule has 2 aromatic carbocycles. The van der Waals surface area contributed by atoms with Gasteiger partial charge in [-0.2, -0.15) is 0 Å². The number of nitro groups is 1. The minimum absolute atomic E-state index is 0.00628. The van der Waals surface area contributed by atoms with Gasteiger partial charge in [-0.25, -0.2) is 4.39 Å². The number of anilines is 1. The van der Waals surface area contributed by atoms with Gasteiger partial charge in [0, 0.05) is 29.7 Å². The SMILES string of the molecule is O=C1/C(=C\c2cccn2-c2ccc([N+](=O)[O-])cc2)SC(=S)N1c1ccccc1F. The zero-order chi connectivity index (χ0) is 20.5. The van der Waals surface area contributed by atoms with Crippen molar-refractivity contribution >= 4 is 51.7 Å². The Morgan fingerprint density at radius 3 is 2.48 bits per heavy atom. The van der Waals surface area contributed by atoms with Crippen molar-refractivity contribution < 1.29 is 14.1 Å². The Labute approximate surface area is 174 Å². The van der Waals surface area contributed by atoms with Gasteiger partial charge in [-0.3, -0.25) is 19.8 Å². The predicted molar refractivity (Wildman–Crippen MR) is 114 cm³/mol. The molecular weight excluding hydrogens is 413 g/mol. The number of benzene rings is 2. The molecule has 1 aliphatic heterocycles. The molecule has 29 heavy (non-hydrogen) atoms. The molecular formula is C20H12FN3O3S2. The van der Waals surface area contributed by atoms with Crippen LogP contribution in [0, 0.1) is 15.9 Å². The Morgan fingerprint density at radius 1 is 1.07 bits per heavy atom. The molecule has 3 aromatic rings. The Hall–Kier alpha value is -3.30. The summed E-state index contributed by atoms with van der Waals surface area (Å²) >= 11 is 6.38. The fourth-order valence-electron chi connectivity index (χ4n) is 2.92. The van der Waals surface area contributed by atoms with Crippen molar-refractivity contribution in [1.29, 1.82) is 0 Å². The Bertz CT molecular complexity index is 1170. The monoisotopic (exact) mass is 425 g/mol. The van der Waals surface area contributed by atoms with Gasteiger partial charge in [-0.05, 0) is 42.5 Å². The number of nitro benzene ring substituents is 1. The molecule has 0 saturated carbocycles. The van der Waals surface area contributed by atoms with Crippen LogP contribution in [0.5, 0.6) is 0 Å². The van der Waals surface area contributed by atoms with Gasteiger partial charge < -0.3 is 4.57 Å². The van der Waals surface area contributed by atoms with Crippen LogP contribution in [0.25, 0.3) is 11.8 Å². The molecule has 0 aliphatic carbocycles. The standard InChI is InChI=1S/C20H12FN3O3S2/c21-16-5-1-2-6-17(16)23-19(25)18(29-20(23)28)12-15-4-3-11-22(15)13-7-9-14(10-8-13)24(26)27/h1-12H/b18-12+. The normalized spacial score (nSPS) is 15.3. The number of para-hydroxylation sites is 1. The van der Waals surface area contributed by atoms with E-state index in [1.165, 1.54) is 29.2 Å². The van der Waals surface area contributed by atoms with E-state index in [0.29, 0.717) is 16.3 Å². The minimum Gasteiger partial charge on any atom is -0.317 e. The minimum atomic E-state index is -0.528. The van der Waals surface area contributed by atoms with Crippen molar-refractivity contribution in [1.82, 2.24) is 4.57 Å². The van der Waals surface area contributed by atoms with Gasteiger partial charge in [0.1, 0.15) is 5.82 Å². The number of rotatable bonds is 4. The van der Waals surface area contributed by atoms with Crippen molar-refractivity contribution in [3.63, 3.8) is 0 Å². The van der Waals surface area contributed by atoms with E-state index in [9.17, 15) is 19.3 Å². The van der Waals surface area contributed by atoms with E-state index in [1.807, 2.05) is 0 Å². The second-order valence-corrected chi connectivity index (χ2v) is 7.72. The highest BCUT2D eigenvalue weighted by Gasteiger charge is 2.34. The summed E-state index contributed by atoms with van der Waals surface area (Å²) in [7, 11) is 0. The molecule has 9 heteroatoms. The molecule has 1 fully saturated rings. The fourth-order valence-corrected chi connectivity index (χ4v) is 4.19. The molecule has 0 radical (unpaired) electrons. The van der Waals surface area contributed by atoms with Gasteiger partial charge in [-0.15, -0.1) is 0 Å². The van der Waals surface area contributed by atoms with Crippen molar-refractivity contribution in [2.24, 2.45) is 0 Å². The van der Waals surface area contributed by atoms with Gasteiger partial charge in [0.25, 0.3) is 11.6 Å². The summed E-state index contributed by atoms with van der Waals surface area (Å²) in [4.78, 5) is 24.8. The Kier molecular flexibility index (Phi) is 4.99. The van der Waals surface area contributed by atoms with E-state index in [0.717, 1.165) is 11.8 Å². The molecule has 6 nitrogen and oxygen atoms in total. The number of hydrogen-bond acceptors (Lipinski definition) is 5. The molecule has 1 saturated heterocycles. The maximum absolute atomic E-state index is 14.1. The van der Waals surface area contributed by atoms with Crippen LogP contribution in [0.4, 0.5) is 15.8 Å². The van der Waals surface area contributed by atoms with Gasteiger partial charge in [0.2, 0.25) is 0 Å². The van der Waals surface area contributed by atoms with E-state index < -0.39 is 16.6 Å². The van der Waals surface area contributed by atoms with Crippen molar-refractivity contribution in [3.05, 3.63) is 93.4 Å². The molecule has 0 unspecified atom stereocenters. The van der Waals surface area contributed by atoms with E-state index in [2.05, 4.69) is 0 Å². The number of thiocarbonyl (C=S) groups is 1. The lowest BCUT2D eigenvalue weighted by Crippen LogP contribution is -2.28. The van der Waals surface area contributed by atoms with Crippen LogP contribution < -0.4 is 4.90 Å². The summed E-state index contributed by atoms with van der Waals surface area (Å²) in [5.74, 6) is -0.930. The van der Waals surface area contributed by atoms with Crippen molar-refractivity contribution in [3.8, 4) is 5.69 Å². The lowest BCUT2D eigenvalue weighted by Gasteiger charge is -2.14. The van der Waals surface area contributed by atoms with E-state index >= 15 is 0 Å². The van der Waals surface area contributed by atoms with Gasteiger partial charge in [-0.1, -0.05) is 36.1 Å². The third-order valence-corrected chi connectivity index (χ3v) is 5.59. The smallest absolute Gasteiger partial charge is 0.270 e. The first-order valence-corrected chi connectivity index (χ1v) is 9.63. The van der Waals surface area contributed by atoms with E-state index in [-0.39, 0.29) is 15.7 Å². The number of carbonyl (C=O) groups is 1. The van der Waals surface area contributed by atoms with Crippen LogP contribution in [0.2, 0.25) is 0 Å². The number of aromatic nitrogens is 1. The molecule has 0 atom stereocenters. The topological polar surface area (TPSA) is 68.4 Å². The number of thioether (sulfide) groups is 1. The lowest BCUT2D eigenvalue weighted by molar-refractivity contribution is -0.384. The number of amides is 1. The second-order valence-electron chi connectivity index (χ2n) is 6.05. The van der Waals surface area contributed by atoms with Crippen LogP contribution in [-0.2, 0) is 4.79 Å². The molecule has 1 aliphatic rings. The molecule has 1 aromatic heterocycles. The lowest BCUT2D eigenvalue weighted by atomic mass is 10.2. The maximum Gasteiger partial charge on any atom is 0.270 e. The highest BCUT2D eigenvalue weighted by molar-refractivity contribution is 8.27. The molecule has 0 bridgehead atoms. The molecule has 1 amide bonds. The predicted octanol–water partition coefficient (Wildman–Crippen LogP) is 4.93. The highest BCUT2D eigenvalue weighted by Crippen LogP contribution is 2.37. The van der Waals surface area contributed by atoms with Crippen LogP contribution in [0.3, 0.4) is 0 Å². The zero-order valence-corrected chi connectivity index (χ0v) is 16.3. The van der Waals surface area contributed by atoms with E-state index in [4.69, 9.17) is 12.2 Å². The van der Waals surface area contributed by atoms with Crippen molar-refractivity contribution in [2.75, 3.05) is 4.90 Å². The van der Waals surface area contributed by atoms with Crippen LogP contribution in [0.1, 0.15) is 5.69 Å². The van der Waals surface area contributed by atoms with E-state index in [1.54, 1.807) is 53.2 Å². The quantitative estimate of drug-likeness (QED) is 0.257. The number of halogens is 1. The van der Waals surface area contributed by atoms with Gasteiger partial charge in [0.05, 0.1) is 15.5 Å². The number of carbonyl (C=O) groups excluding carboxylic acids is 1. The summed E-state index contributed by atoms with van der Waals surface area (Å²) in [5.41, 5.74) is 1.50. The summed E-state index contributed by atoms with van der Waals surface area (Å²) < 4.78 is 16.2. The summed E-state index contributed by atoms with van der Waals surface area (Å²) in [6.07, 6.45) is 3.45. The average Bonchev–Trinajstić information content (AvgIpc) is 3.27. The van der Waals surface area contributed by atoms with Crippen LogP contribution in [0.15, 0.2) is 71.8 Å². The maximum atomic E-state index is 14.1. The third kappa shape index (κ3) is 3.57. The highest BCUT2D eigenvalue weighted by atomic mass is 32.2. The van der Waals surface area contributed by atoms with Gasteiger partial charge >= 0.3 is 0 Å². The van der Waals surface area contributed by atoms with Crippen molar-refractivity contribution in [2.45, 2.75) is 0 Å². The first kappa shape index (κ1) is 19.0. The fraction of sp³-hybridized carbons (Fsp3) is 0. The van der Waals surface area contributed by atoms with Gasteiger partial charge in [0.15, 0.2) is 4.32 Å². The number of hydrogen-bond donors (Lipinski definition) is 0. The third-order valence-electron chi connectivity index (χ3n) is 4.29. The molecule has 0 N–H and O–H groups in total. The molecule has 0 spiro atoms. The average molecular weight is 425 g/mol. The first-order chi connectivity index (χ1) is 14.0. The number of nitrogens with zero attached hydrogens (tertiary/aromatic N) is 3. The molecule has 4 rings (SSSR count). The summed E-state index contributed by atoms with van der Waals surface area (Å²) in [6, 6.07) is 15.6. The molecule has 2 heterocycles. The molecule has 144 valence electrons. The summed E-state index contributed by atoms with van der Waals surface area (Å²) in [5, 5.41) is 10.8. The van der Waals surface area contributed by atoms with Crippen LogP contribution >= 0.6 is 24.0 Å².